The molecular formula is C25H29N3O2S2. The number of benzene rings is 2. The summed E-state index contributed by atoms with van der Waals surface area (Å²) in [6, 6.07) is 20.1. The van der Waals surface area contributed by atoms with Crippen LogP contribution in [0, 0.1) is 0 Å². The number of pyridine rings is 1. The number of aliphatic imine (C=N–C) groups is 2. The van der Waals surface area contributed by atoms with E-state index in [1.54, 1.807) is 49.1 Å². The van der Waals surface area contributed by atoms with Crippen LogP contribution in [0.4, 0.5) is 0 Å². The molecule has 1 aromatic heterocycles. The maximum Gasteiger partial charge on any atom is 0.124 e. The van der Waals surface area contributed by atoms with Crippen LogP contribution in [0.25, 0.3) is 0 Å². The summed E-state index contributed by atoms with van der Waals surface area (Å²) < 4.78 is 0. The number of hydrogen-bond donors (Lipinski definition) is 2. The fraction of sp³-hybridized carbons (Fsp3) is 0.240. The first-order valence-corrected chi connectivity index (χ1v) is 12.6. The van der Waals surface area contributed by atoms with Crippen molar-refractivity contribution < 1.29 is 10.2 Å². The minimum atomic E-state index is 0.269. The van der Waals surface area contributed by atoms with Gasteiger partial charge in [-0.1, -0.05) is 30.3 Å². The van der Waals surface area contributed by atoms with E-state index in [9.17, 15) is 10.2 Å². The van der Waals surface area contributed by atoms with E-state index in [4.69, 9.17) is 0 Å². The molecule has 0 atom stereocenters. The van der Waals surface area contributed by atoms with E-state index in [0.29, 0.717) is 0 Å². The fourth-order valence-corrected chi connectivity index (χ4v) is 4.21. The molecular weight excluding hydrogens is 438 g/mol. The van der Waals surface area contributed by atoms with Gasteiger partial charge in [0.05, 0.1) is 0 Å². The standard InChI is InChI=1S/C20H24N2O2S2.C5H5N/c23-19-7-3-1-5-17(19)15-21-9-11-25-13-14-26-12-10-22-16-18-6-2-4-8-20(18)24;1-2-4-6-5-3-1/h1-8,15-16,23-24H,9-14H2;1-5H/b21-15+,22-16+;. The van der Waals surface area contributed by atoms with Crippen molar-refractivity contribution in [1.29, 1.82) is 0 Å². The Morgan fingerprint density at radius 3 is 1.47 bits per heavy atom. The Labute approximate surface area is 198 Å². The molecule has 0 fully saturated rings. The van der Waals surface area contributed by atoms with Crippen LogP contribution in [0.2, 0.25) is 0 Å². The van der Waals surface area contributed by atoms with Crippen LogP contribution in [-0.4, -0.2) is 63.7 Å². The number of para-hydroxylation sites is 2. The topological polar surface area (TPSA) is 78.1 Å². The molecule has 1 heterocycles. The second kappa shape index (κ2) is 16.9. The van der Waals surface area contributed by atoms with Gasteiger partial charge < -0.3 is 10.2 Å². The van der Waals surface area contributed by atoms with Crippen LogP contribution in [0.15, 0.2) is 89.1 Å². The van der Waals surface area contributed by atoms with Crippen molar-refractivity contribution in [3.8, 4) is 11.5 Å². The molecule has 0 unspecified atom stereocenters. The predicted molar refractivity (Wildman–Crippen MR) is 140 cm³/mol. The van der Waals surface area contributed by atoms with Gasteiger partial charge in [-0.2, -0.15) is 23.5 Å². The Balaban J connectivity index is 0.000000520. The summed E-state index contributed by atoms with van der Waals surface area (Å²) in [4.78, 5) is 12.5. The average Bonchev–Trinajstić information content (AvgIpc) is 2.83. The Morgan fingerprint density at radius 2 is 1.09 bits per heavy atom. The third-order valence-electron chi connectivity index (χ3n) is 4.00. The van der Waals surface area contributed by atoms with Crippen LogP contribution >= 0.6 is 23.5 Å². The second-order valence-electron chi connectivity index (χ2n) is 6.44. The summed E-state index contributed by atoms with van der Waals surface area (Å²) in [5, 5.41) is 19.3. The molecule has 0 radical (unpaired) electrons. The minimum absolute atomic E-state index is 0.269. The number of hydrogen-bond acceptors (Lipinski definition) is 7. The second-order valence-corrected chi connectivity index (χ2v) is 8.89. The number of nitrogens with zero attached hydrogens (tertiary/aromatic N) is 3. The minimum Gasteiger partial charge on any atom is -0.507 e. The maximum atomic E-state index is 9.63. The molecule has 0 aliphatic rings. The Kier molecular flexibility index (Phi) is 13.4. The van der Waals surface area contributed by atoms with Gasteiger partial charge in [-0.05, 0) is 36.4 Å². The normalized spacial score (nSPS) is 10.9. The molecule has 2 aromatic carbocycles. The lowest BCUT2D eigenvalue weighted by atomic mass is 10.2. The van der Waals surface area contributed by atoms with E-state index < -0.39 is 0 Å². The average molecular weight is 468 g/mol. The molecule has 5 nitrogen and oxygen atoms in total. The van der Waals surface area contributed by atoms with E-state index in [2.05, 4.69) is 15.0 Å². The van der Waals surface area contributed by atoms with Crippen LogP contribution in [0.5, 0.6) is 11.5 Å². The summed E-state index contributed by atoms with van der Waals surface area (Å²) in [5.74, 6) is 4.70. The van der Waals surface area contributed by atoms with E-state index in [1.807, 2.05) is 66.0 Å². The first kappa shape index (κ1) is 25.5. The van der Waals surface area contributed by atoms with Gasteiger partial charge in [0.15, 0.2) is 0 Å². The van der Waals surface area contributed by atoms with Crippen LogP contribution in [0.1, 0.15) is 11.1 Å². The molecule has 3 aromatic rings. The number of phenolic OH excluding ortho intramolecular Hbond substituents is 2. The fourth-order valence-electron chi connectivity index (χ4n) is 2.39. The van der Waals surface area contributed by atoms with Crippen LogP contribution in [-0.2, 0) is 0 Å². The molecule has 0 spiro atoms. The van der Waals surface area contributed by atoms with Gasteiger partial charge in [0.25, 0.3) is 0 Å². The number of aromatic nitrogens is 1. The lowest BCUT2D eigenvalue weighted by molar-refractivity contribution is 0.474. The zero-order valence-corrected chi connectivity index (χ0v) is 19.6. The van der Waals surface area contributed by atoms with Gasteiger partial charge in [0, 0.05) is 72.1 Å². The highest BCUT2D eigenvalue weighted by Gasteiger charge is 1.96. The van der Waals surface area contributed by atoms with Gasteiger partial charge in [0.1, 0.15) is 11.5 Å². The van der Waals surface area contributed by atoms with Gasteiger partial charge in [-0.15, -0.1) is 0 Å². The van der Waals surface area contributed by atoms with Crippen molar-refractivity contribution >= 4 is 36.0 Å². The zero-order valence-electron chi connectivity index (χ0n) is 18.0. The molecule has 0 aliphatic carbocycles. The van der Waals surface area contributed by atoms with Gasteiger partial charge in [0.2, 0.25) is 0 Å². The lowest BCUT2D eigenvalue weighted by Crippen LogP contribution is -1.94. The number of aromatic hydroxyl groups is 2. The van der Waals surface area contributed by atoms with E-state index in [1.165, 1.54) is 0 Å². The predicted octanol–water partition coefficient (Wildman–Crippen LogP) is 5.18. The van der Waals surface area contributed by atoms with Crippen molar-refractivity contribution in [3.05, 3.63) is 90.3 Å². The Bertz CT molecular complexity index is 849. The quantitative estimate of drug-likeness (QED) is 0.300. The van der Waals surface area contributed by atoms with Crippen LogP contribution in [0.3, 0.4) is 0 Å². The van der Waals surface area contributed by atoms with E-state index in [-0.39, 0.29) is 11.5 Å². The molecule has 0 saturated carbocycles. The first-order chi connectivity index (χ1) is 15.8. The van der Waals surface area contributed by atoms with E-state index in [0.717, 1.165) is 47.2 Å². The number of rotatable bonds is 11. The third-order valence-corrected chi connectivity index (χ3v) is 6.19. The van der Waals surface area contributed by atoms with Gasteiger partial charge in [-0.25, -0.2) is 0 Å². The summed E-state index contributed by atoms with van der Waals surface area (Å²) in [5.41, 5.74) is 1.52. The monoisotopic (exact) mass is 467 g/mol. The summed E-state index contributed by atoms with van der Waals surface area (Å²) >= 11 is 3.77. The molecule has 0 saturated heterocycles. The summed E-state index contributed by atoms with van der Waals surface area (Å²) in [6.07, 6.45) is 6.96. The molecule has 0 bridgehead atoms. The number of phenols is 2. The molecule has 3 rings (SSSR count). The van der Waals surface area contributed by atoms with E-state index >= 15 is 0 Å². The highest BCUT2D eigenvalue weighted by Crippen LogP contribution is 2.14. The van der Waals surface area contributed by atoms with Crippen LogP contribution < -0.4 is 0 Å². The molecule has 2 N–H and O–H groups in total. The largest absolute Gasteiger partial charge is 0.507 e. The summed E-state index contributed by atoms with van der Waals surface area (Å²) in [6.45, 7) is 1.52. The maximum absolute atomic E-state index is 9.63. The molecule has 0 amide bonds. The van der Waals surface area contributed by atoms with Crippen molar-refractivity contribution in [2.45, 2.75) is 0 Å². The molecule has 168 valence electrons. The molecule has 0 aliphatic heterocycles. The highest BCUT2D eigenvalue weighted by atomic mass is 32.2. The van der Waals surface area contributed by atoms with Crippen molar-refractivity contribution in [2.24, 2.45) is 9.98 Å². The SMILES string of the molecule is Oc1ccccc1/C=N/CCSCCSCC/N=C/c1ccccc1O.c1ccncc1. The van der Waals surface area contributed by atoms with Gasteiger partial charge >= 0.3 is 0 Å². The summed E-state index contributed by atoms with van der Waals surface area (Å²) in [7, 11) is 0. The number of thioether (sulfide) groups is 2. The molecule has 7 heteroatoms. The smallest absolute Gasteiger partial charge is 0.124 e. The lowest BCUT2D eigenvalue weighted by Gasteiger charge is -2.00. The van der Waals surface area contributed by atoms with Gasteiger partial charge in [-0.3, -0.25) is 15.0 Å². The third kappa shape index (κ3) is 11.6. The first-order valence-electron chi connectivity index (χ1n) is 10.3. The van der Waals surface area contributed by atoms with Crippen molar-refractivity contribution in [3.63, 3.8) is 0 Å². The molecule has 32 heavy (non-hydrogen) atoms. The van der Waals surface area contributed by atoms with Crippen molar-refractivity contribution in [2.75, 3.05) is 36.1 Å². The zero-order chi connectivity index (χ0) is 22.7. The van der Waals surface area contributed by atoms with Crippen molar-refractivity contribution in [1.82, 2.24) is 4.98 Å². The Morgan fingerprint density at radius 1 is 0.625 bits per heavy atom. The highest BCUT2D eigenvalue weighted by molar-refractivity contribution is 8.02. The Hall–Kier alpha value is -2.77.